The van der Waals surface area contributed by atoms with Gasteiger partial charge in [-0.15, -0.1) is 0 Å². The molecule has 1 amide bonds. The van der Waals surface area contributed by atoms with Crippen molar-refractivity contribution in [1.29, 1.82) is 0 Å². The molecule has 0 saturated heterocycles. The van der Waals surface area contributed by atoms with Crippen molar-refractivity contribution in [1.82, 2.24) is 14.9 Å². The van der Waals surface area contributed by atoms with Crippen LogP contribution in [0.15, 0.2) is 34.9 Å². The minimum Gasteiger partial charge on any atom is -0.481 e. The molecule has 7 nitrogen and oxygen atoms in total. The molecule has 0 atom stereocenters. The van der Waals surface area contributed by atoms with Crippen LogP contribution in [0.4, 0.5) is 0 Å². The molecule has 0 aliphatic rings. The van der Waals surface area contributed by atoms with E-state index in [0.717, 1.165) is 29.7 Å². The van der Waals surface area contributed by atoms with Crippen LogP contribution in [0.2, 0.25) is 0 Å². The van der Waals surface area contributed by atoms with Gasteiger partial charge in [-0.3, -0.25) is 9.59 Å². The van der Waals surface area contributed by atoms with Crippen molar-refractivity contribution in [3.05, 3.63) is 53.2 Å². The van der Waals surface area contributed by atoms with Crippen molar-refractivity contribution in [2.45, 2.75) is 26.2 Å². The number of fused-ring (bicyclic) bond motifs is 1. The first-order chi connectivity index (χ1) is 12.5. The molecule has 0 saturated carbocycles. The number of carbonyl (C=O) groups excluding carboxylic acids is 1. The summed E-state index contributed by atoms with van der Waals surface area (Å²) in [5.74, 6) is -0.192. The number of hydrogen-bond donors (Lipinski definition) is 2. The second kappa shape index (κ2) is 7.43. The van der Waals surface area contributed by atoms with E-state index in [1.54, 1.807) is 6.92 Å². The number of nitrogens with zero attached hydrogens (tertiary/aromatic N) is 2. The van der Waals surface area contributed by atoms with Crippen LogP contribution in [0.5, 0.6) is 0 Å². The fourth-order valence-corrected chi connectivity index (χ4v) is 3.03. The van der Waals surface area contributed by atoms with Gasteiger partial charge >= 0.3 is 5.97 Å². The summed E-state index contributed by atoms with van der Waals surface area (Å²) in [5, 5.41) is 11.7. The van der Waals surface area contributed by atoms with Crippen molar-refractivity contribution in [3.8, 4) is 0 Å². The van der Waals surface area contributed by atoms with E-state index < -0.39 is 5.97 Å². The van der Waals surface area contributed by atoms with Crippen LogP contribution < -0.4 is 5.32 Å². The molecular formula is C19H21N3O4. The Morgan fingerprint density at radius 1 is 1.31 bits per heavy atom. The zero-order chi connectivity index (χ0) is 18.7. The van der Waals surface area contributed by atoms with E-state index in [2.05, 4.69) is 14.9 Å². The second-order valence-corrected chi connectivity index (χ2v) is 6.22. The molecule has 7 heteroatoms. The number of benzene rings is 1. The highest BCUT2D eigenvalue weighted by atomic mass is 16.4. The number of furan rings is 1. The monoisotopic (exact) mass is 355 g/mol. The number of rotatable bonds is 7. The zero-order valence-corrected chi connectivity index (χ0v) is 14.8. The lowest BCUT2D eigenvalue weighted by atomic mass is 10.1. The third kappa shape index (κ3) is 3.61. The summed E-state index contributed by atoms with van der Waals surface area (Å²) in [4.78, 5) is 27.8. The SMILES string of the molecule is Cc1coc(CC(=O)O)c1C(=O)NCCCc1nc2ccccc2n1C. The number of hydrogen-bond acceptors (Lipinski definition) is 4. The van der Waals surface area contributed by atoms with E-state index in [1.807, 2.05) is 31.3 Å². The van der Waals surface area contributed by atoms with Gasteiger partial charge in [-0.2, -0.15) is 0 Å². The van der Waals surface area contributed by atoms with E-state index in [-0.39, 0.29) is 18.1 Å². The molecule has 0 bridgehead atoms. The maximum atomic E-state index is 12.4. The summed E-state index contributed by atoms with van der Waals surface area (Å²) < 4.78 is 7.26. The molecule has 0 aliphatic carbocycles. The molecule has 3 aromatic rings. The first-order valence-electron chi connectivity index (χ1n) is 8.44. The molecule has 3 rings (SSSR count). The van der Waals surface area contributed by atoms with E-state index in [4.69, 9.17) is 9.52 Å². The van der Waals surface area contributed by atoms with Crippen LogP contribution in [0.25, 0.3) is 11.0 Å². The van der Waals surface area contributed by atoms with Gasteiger partial charge in [0.2, 0.25) is 0 Å². The van der Waals surface area contributed by atoms with Crippen LogP contribution in [0.3, 0.4) is 0 Å². The van der Waals surface area contributed by atoms with Crippen molar-refractivity contribution in [2.24, 2.45) is 7.05 Å². The molecule has 0 aliphatic heterocycles. The first-order valence-corrected chi connectivity index (χ1v) is 8.44. The van der Waals surface area contributed by atoms with Gasteiger partial charge in [-0.1, -0.05) is 12.1 Å². The molecule has 136 valence electrons. The van der Waals surface area contributed by atoms with Gasteiger partial charge in [0.05, 0.1) is 22.9 Å². The predicted molar refractivity (Wildman–Crippen MR) is 96.2 cm³/mol. The largest absolute Gasteiger partial charge is 0.481 e. The van der Waals surface area contributed by atoms with Gasteiger partial charge in [-0.25, -0.2) is 4.98 Å². The Balaban J connectivity index is 1.58. The Labute approximate surface area is 150 Å². The lowest BCUT2D eigenvalue weighted by Gasteiger charge is -2.06. The summed E-state index contributed by atoms with van der Waals surface area (Å²) in [7, 11) is 1.98. The molecule has 0 unspecified atom stereocenters. The van der Waals surface area contributed by atoms with Gasteiger partial charge in [-0.05, 0) is 25.5 Å². The fourth-order valence-electron chi connectivity index (χ4n) is 3.03. The maximum absolute atomic E-state index is 12.4. The van der Waals surface area contributed by atoms with Crippen LogP contribution in [0, 0.1) is 6.92 Å². The number of aromatic nitrogens is 2. The number of carboxylic acids is 1. The number of imidazole rings is 1. The third-order valence-corrected chi connectivity index (χ3v) is 4.33. The minimum atomic E-state index is -1.03. The van der Waals surface area contributed by atoms with E-state index in [0.29, 0.717) is 17.7 Å². The number of nitrogens with one attached hydrogen (secondary N) is 1. The fraction of sp³-hybridized carbons (Fsp3) is 0.316. The van der Waals surface area contributed by atoms with Crippen molar-refractivity contribution < 1.29 is 19.1 Å². The molecule has 26 heavy (non-hydrogen) atoms. The quantitative estimate of drug-likeness (QED) is 0.635. The molecule has 0 spiro atoms. The Morgan fingerprint density at radius 3 is 2.81 bits per heavy atom. The topological polar surface area (TPSA) is 97.4 Å². The Kier molecular flexibility index (Phi) is 5.06. The van der Waals surface area contributed by atoms with E-state index >= 15 is 0 Å². The molecule has 2 heterocycles. The first kappa shape index (κ1) is 17.7. The Morgan fingerprint density at radius 2 is 2.08 bits per heavy atom. The highest BCUT2D eigenvalue weighted by Gasteiger charge is 2.20. The normalized spacial score (nSPS) is 11.0. The van der Waals surface area contributed by atoms with Gasteiger partial charge < -0.3 is 19.4 Å². The molecule has 2 N–H and O–H groups in total. The Bertz CT molecular complexity index is 955. The number of para-hydroxylation sites is 2. The number of aliphatic carboxylic acids is 1. The number of amides is 1. The van der Waals surface area contributed by atoms with Crippen LogP contribution in [-0.2, 0) is 24.7 Å². The standard InChI is InChI=1S/C19H21N3O4/c1-12-11-26-15(10-17(23)24)18(12)19(25)20-9-5-8-16-21-13-6-3-4-7-14(13)22(16)2/h3-4,6-7,11H,5,8-10H2,1-2H3,(H,20,25)(H,23,24). The lowest BCUT2D eigenvalue weighted by molar-refractivity contribution is -0.136. The molecule has 0 radical (unpaired) electrons. The minimum absolute atomic E-state index is 0.183. The predicted octanol–water partition coefficient (Wildman–Crippen LogP) is 2.46. The Hall–Kier alpha value is -3.09. The molecule has 1 aromatic carbocycles. The van der Waals surface area contributed by atoms with Gasteiger partial charge in [0.15, 0.2) is 0 Å². The summed E-state index contributed by atoms with van der Waals surface area (Å²) in [5.41, 5.74) is 2.99. The van der Waals surface area contributed by atoms with E-state index in [9.17, 15) is 9.59 Å². The van der Waals surface area contributed by atoms with Crippen LogP contribution in [-0.4, -0.2) is 33.1 Å². The van der Waals surface area contributed by atoms with Crippen molar-refractivity contribution >= 4 is 22.9 Å². The third-order valence-electron chi connectivity index (χ3n) is 4.33. The average Bonchev–Trinajstić information content (AvgIpc) is 3.12. The second-order valence-electron chi connectivity index (χ2n) is 6.22. The number of aryl methyl sites for hydroxylation is 3. The average molecular weight is 355 g/mol. The van der Waals surface area contributed by atoms with Crippen molar-refractivity contribution in [2.75, 3.05) is 6.54 Å². The highest BCUT2D eigenvalue weighted by Crippen LogP contribution is 2.18. The summed E-state index contributed by atoms with van der Waals surface area (Å²) in [6.45, 7) is 2.20. The smallest absolute Gasteiger partial charge is 0.311 e. The van der Waals surface area contributed by atoms with Gasteiger partial charge in [0.1, 0.15) is 18.0 Å². The molecule has 0 fully saturated rings. The lowest BCUT2D eigenvalue weighted by Crippen LogP contribution is -2.26. The van der Waals surface area contributed by atoms with Crippen molar-refractivity contribution in [3.63, 3.8) is 0 Å². The maximum Gasteiger partial charge on any atom is 0.311 e. The van der Waals surface area contributed by atoms with Gasteiger partial charge in [0, 0.05) is 25.6 Å². The number of carbonyl (C=O) groups is 2. The van der Waals surface area contributed by atoms with Gasteiger partial charge in [0.25, 0.3) is 5.91 Å². The van der Waals surface area contributed by atoms with Crippen LogP contribution in [0.1, 0.15) is 33.9 Å². The zero-order valence-electron chi connectivity index (χ0n) is 14.8. The summed E-state index contributed by atoms with van der Waals surface area (Å²) >= 11 is 0. The summed E-state index contributed by atoms with van der Waals surface area (Å²) in [6.07, 6.45) is 2.56. The highest BCUT2D eigenvalue weighted by molar-refractivity contribution is 5.97. The molecular weight excluding hydrogens is 334 g/mol. The molecule has 2 aromatic heterocycles. The summed E-state index contributed by atoms with van der Waals surface area (Å²) in [6, 6.07) is 7.95. The number of carboxylic acid groups (broad SMARTS) is 1. The van der Waals surface area contributed by atoms with E-state index in [1.165, 1.54) is 6.26 Å². The van der Waals surface area contributed by atoms with Crippen LogP contribution >= 0.6 is 0 Å².